The van der Waals surface area contributed by atoms with Crippen molar-refractivity contribution >= 4 is 5.97 Å². The van der Waals surface area contributed by atoms with Crippen molar-refractivity contribution in [2.24, 2.45) is 11.3 Å². The molecule has 2 aliphatic rings. The Morgan fingerprint density at radius 1 is 1.25 bits per heavy atom. The molecule has 1 fully saturated rings. The van der Waals surface area contributed by atoms with E-state index in [9.17, 15) is 4.79 Å². The molecule has 1 saturated carbocycles. The van der Waals surface area contributed by atoms with Gasteiger partial charge in [0.2, 0.25) is 0 Å². The van der Waals surface area contributed by atoms with Crippen LogP contribution >= 0.6 is 0 Å². The van der Waals surface area contributed by atoms with Crippen LogP contribution in [0.4, 0.5) is 0 Å². The summed E-state index contributed by atoms with van der Waals surface area (Å²) in [6.07, 6.45) is 5.43. The number of benzene rings is 1. The third kappa shape index (κ3) is 1.73. The second kappa shape index (κ2) is 4.61. The molecule has 0 aliphatic heterocycles. The average molecular weight is 272 g/mol. The van der Waals surface area contributed by atoms with Gasteiger partial charge in [-0.15, -0.1) is 0 Å². The van der Waals surface area contributed by atoms with Gasteiger partial charge in [0.1, 0.15) is 0 Å². The smallest absolute Gasteiger partial charge is 0.311 e. The fourth-order valence-electron chi connectivity index (χ4n) is 4.91. The third-order valence-electron chi connectivity index (χ3n) is 5.92. The summed E-state index contributed by atoms with van der Waals surface area (Å²) >= 11 is 0. The Kier molecular flexibility index (Phi) is 3.15. The molecule has 1 aromatic rings. The first-order valence-electron chi connectivity index (χ1n) is 7.69. The van der Waals surface area contributed by atoms with Crippen LogP contribution in [0.25, 0.3) is 0 Å². The van der Waals surface area contributed by atoms with Crippen LogP contribution in [0.3, 0.4) is 0 Å². The number of methoxy groups -OCH3 is 1. The maximum Gasteiger partial charge on any atom is 0.311 e. The minimum absolute atomic E-state index is 0.0205. The van der Waals surface area contributed by atoms with Crippen LogP contribution in [0.1, 0.15) is 50.7 Å². The monoisotopic (exact) mass is 272 g/mol. The quantitative estimate of drug-likeness (QED) is 0.725. The molecule has 2 aliphatic carbocycles. The molecule has 1 aromatic carbocycles. The van der Waals surface area contributed by atoms with Crippen molar-refractivity contribution in [2.45, 2.75) is 51.4 Å². The van der Waals surface area contributed by atoms with Gasteiger partial charge >= 0.3 is 5.97 Å². The number of ether oxygens (including phenoxy) is 1. The molecule has 0 radical (unpaired) electrons. The highest BCUT2D eigenvalue weighted by Crippen LogP contribution is 2.57. The molecule has 20 heavy (non-hydrogen) atoms. The van der Waals surface area contributed by atoms with Gasteiger partial charge in [0.25, 0.3) is 0 Å². The van der Waals surface area contributed by atoms with Gasteiger partial charge < -0.3 is 4.74 Å². The zero-order valence-corrected chi connectivity index (χ0v) is 12.7. The van der Waals surface area contributed by atoms with Crippen LogP contribution in [0.2, 0.25) is 0 Å². The highest BCUT2D eigenvalue weighted by Gasteiger charge is 2.55. The molecule has 108 valence electrons. The molecule has 0 amide bonds. The summed E-state index contributed by atoms with van der Waals surface area (Å²) in [5, 5.41) is 0. The molecule has 0 saturated heterocycles. The molecule has 0 N–H and O–H groups in total. The van der Waals surface area contributed by atoms with Gasteiger partial charge in [-0.05, 0) is 55.1 Å². The van der Waals surface area contributed by atoms with E-state index in [4.69, 9.17) is 4.74 Å². The maximum atomic E-state index is 12.4. The summed E-state index contributed by atoms with van der Waals surface area (Å²) in [7, 11) is 1.52. The van der Waals surface area contributed by atoms with Gasteiger partial charge in [-0.3, -0.25) is 4.79 Å². The van der Waals surface area contributed by atoms with Gasteiger partial charge in [-0.25, -0.2) is 0 Å². The predicted molar refractivity (Wildman–Crippen MR) is 79.6 cm³/mol. The second-order valence-corrected chi connectivity index (χ2v) is 6.93. The molecular weight excluding hydrogens is 248 g/mol. The Balaban J connectivity index is 2.08. The van der Waals surface area contributed by atoms with Crippen LogP contribution in [-0.4, -0.2) is 13.1 Å². The molecule has 0 bridgehead atoms. The molecule has 3 atom stereocenters. The van der Waals surface area contributed by atoms with E-state index in [2.05, 4.69) is 38.1 Å². The van der Waals surface area contributed by atoms with Gasteiger partial charge in [-0.2, -0.15) is 0 Å². The number of carbonyl (C=O) groups is 1. The summed E-state index contributed by atoms with van der Waals surface area (Å²) < 4.78 is 5.14. The van der Waals surface area contributed by atoms with Gasteiger partial charge in [0.15, 0.2) is 0 Å². The van der Waals surface area contributed by atoms with Gasteiger partial charge in [0, 0.05) is 0 Å². The Hall–Kier alpha value is -1.31. The number of carbonyl (C=O) groups excluding carboxylic acids is 1. The fourth-order valence-corrected chi connectivity index (χ4v) is 4.91. The Bertz CT molecular complexity index is 536. The zero-order valence-electron chi connectivity index (χ0n) is 12.7. The molecule has 3 unspecified atom stereocenters. The lowest BCUT2D eigenvalue weighted by atomic mass is 9.50. The summed E-state index contributed by atoms with van der Waals surface area (Å²) in [6, 6.07) is 8.78. The molecular formula is C18H24O2. The van der Waals surface area contributed by atoms with E-state index in [0.29, 0.717) is 5.92 Å². The first-order chi connectivity index (χ1) is 9.52. The van der Waals surface area contributed by atoms with Crippen molar-refractivity contribution in [3.8, 4) is 0 Å². The highest BCUT2D eigenvalue weighted by atomic mass is 16.5. The SMILES string of the molecule is COC(=O)C1(C)CCCC2(C)c3ccccc3CCC12. The molecule has 0 aromatic heterocycles. The third-order valence-corrected chi connectivity index (χ3v) is 5.92. The number of rotatable bonds is 1. The lowest BCUT2D eigenvalue weighted by Gasteiger charge is -2.54. The van der Waals surface area contributed by atoms with Crippen molar-refractivity contribution in [1.82, 2.24) is 0 Å². The van der Waals surface area contributed by atoms with Crippen molar-refractivity contribution in [2.75, 3.05) is 7.11 Å². The van der Waals surface area contributed by atoms with E-state index in [1.54, 1.807) is 0 Å². The second-order valence-electron chi connectivity index (χ2n) is 6.93. The van der Waals surface area contributed by atoms with Crippen LogP contribution in [-0.2, 0) is 21.4 Å². The topological polar surface area (TPSA) is 26.3 Å². The van der Waals surface area contributed by atoms with E-state index < -0.39 is 0 Å². The predicted octanol–water partition coefficient (Wildman–Crippen LogP) is 3.87. The van der Waals surface area contributed by atoms with Gasteiger partial charge in [-0.1, -0.05) is 37.6 Å². The van der Waals surface area contributed by atoms with E-state index in [0.717, 1.165) is 25.7 Å². The van der Waals surface area contributed by atoms with Crippen molar-refractivity contribution in [1.29, 1.82) is 0 Å². The summed E-state index contributed by atoms with van der Waals surface area (Å²) in [4.78, 5) is 12.4. The first kappa shape index (κ1) is 13.7. The first-order valence-corrected chi connectivity index (χ1v) is 7.69. The van der Waals surface area contributed by atoms with Crippen LogP contribution in [0.15, 0.2) is 24.3 Å². The molecule has 2 heteroatoms. The number of hydrogen-bond acceptors (Lipinski definition) is 2. The standard InChI is InChI=1S/C18H24O2/c1-17-11-6-12-18(2,16(19)20-3)15(17)10-9-13-7-4-5-8-14(13)17/h4-5,7-8,15H,6,9-12H2,1-3H3. The summed E-state index contributed by atoms with van der Waals surface area (Å²) in [5.41, 5.74) is 2.73. The Morgan fingerprint density at radius 3 is 2.75 bits per heavy atom. The Labute approximate surface area is 121 Å². The number of hydrogen-bond donors (Lipinski definition) is 0. The summed E-state index contributed by atoms with van der Waals surface area (Å²) in [5.74, 6) is 0.374. The highest BCUT2D eigenvalue weighted by molar-refractivity contribution is 5.77. The molecule has 0 spiro atoms. The molecule has 3 rings (SSSR count). The summed E-state index contributed by atoms with van der Waals surface area (Å²) in [6.45, 7) is 4.48. The largest absolute Gasteiger partial charge is 0.469 e. The van der Waals surface area contributed by atoms with Crippen molar-refractivity contribution in [3.63, 3.8) is 0 Å². The average Bonchev–Trinajstić information content (AvgIpc) is 2.46. The van der Waals surface area contributed by atoms with E-state index in [-0.39, 0.29) is 16.8 Å². The maximum absolute atomic E-state index is 12.4. The van der Waals surface area contributed by atoms with Crippen LogP contribution in [0.5, 0.6) is 0 Å². The van der Waals surface area contributed by atoms with E-state index >= 15 is 0 Å². The van der Waals surface area contributed by atoms with E-state index in [1.807, 2.05) is 0 Å². The van der Waals surface area contributed by atoms with Crippen molar-refractivity contribution in [3.05, 3.63) is 35.4 Å². The number of fused-ring (bicyclic) bond motifs is 3. The lowest BCUT2D eigenvalue weighted by Crippen LogP contribution is -2.52. The van der Waals surface area contributed by atoms with Crippen molar-refractivity contribution < 1.29 is 9.53 Å². The van der Waals surface area contributed by atoms with E-state index in [1.165, 1.54) is 24.7 Å². The molecule has 0 heterocycles. The minimum atomic E-state index is -0.324. The lowest BCUT2D eigenvalue weighted by molar-refractivity contribution is -0.161. The molecule has 2 nitrogen and oxygen atoms in total. The number of aryl methyl sites for hydroxylation is 1. The van der Waals surface area contributed by atoms with Crippen LogP contribution < -0.4 is 0 Å². The minimum Gasteiger partial charge on any atom is -0.469 e. The normalized spacial score (nSPS) is 35.9. The van der Waals surface area contributed by atoms with Gasteiger partial charge in [0.05, 0.1) is 12.5 Å². The fraction of sp³-hybridized carbons (Fsp3) is 0.611. The van der Waals surface area contributed by atoms with Crippen LogP contribution in [0, 0.1) is 11.3 Å². The Morgan fingerprint density at radius 2 is 2.00 bits per heavy atom. The zero-order chi connectivity index (χ0) is 14.4. The number of esters is 1.